The lowest BCUT2D eigenvalue weighted by Crippen LogP contribution is -2.06. The van der Waals surface area contributed by atoms with Gasteiger partial charge in [0.2, 0.25) is 0 Å². The first-order valence-corrected chi connectivity index (χ1v) is 5.41. The summed E-state index contributed by atoms with van der Waals surface area (Å²) in [6.07, 6.45) is 5.09. The van der Waals surface area contributed by atoms with Crippen LogP contribution in [0.25, 0.3) is 0 Å². The molecule has 2 N–H and O–H groups in total. The predicted octanol–water partition coefficient (Wildman–Crippen LogP) is 2.26. The molecule has 12 heavy (non-hydrogen) atoms. The van der Waals surface area contributed by atoms with Crippen LogP contribution in [0.15, 0.2) is 6.07 Å². The van der Waals surface area contributed by atoms with Crippen LogP contribution in [0.2, 0.25) is 0 Å². The van der Waals surface area contributed by atoms with E-state index in [4.69, 9.17) is 18.0 Å². The molecule has 0 bridgehead atoms. The third-order valence-corrected chi connectivity index (χ3v) is 3.86. The summed E-state index contributed by atoms with van der Waals surface area (Å²) in [5, 5.41) is 0. The molecule has 0 unspecified atom stereocenters. The van der Waals surface area contributed by atoms with Crippen LogP contribution in [0.5, 0.6) is 0 Å². The average Bonchev–Trinajstić information content (AvgIpc) is 2.46. The standard InChI is InChI=1S/C9H11NS2/c10-9(11)8-5-6-3-1-2-4-7(6)12-8/h5H,1-4H2,(H2,10,11). The molecule has 1 aromatic rings. The molecule has 1 heterocycles. The number of fused-ring (bicyclic) bond motifs is 1. The average molecular weight is 197 g/mol. The molecule has 0 aromatic carbocycles. The summed E-state index contributed by atoms with van der Waals surface area (Å²) < 4.78 is 0. The van der Waals surface area contributed by atoms with Crippen molar-refractivity contribution >= 4 is 28.5 Å². The van der Waals surface area contributed by atoms with Crippen molar-refractivity contribution in [3.05, 3.63) is 21.4 Å². The van der Waals surface area contributed by atoms with E-state index in [0.29, 0.717) is 4.99 Å². The van der Waals surface area contributed by atoms with Crippen LogP contribution in [0.3, 0.4) is 0 Å². The molecule has 0 spiro atoms. The highest BCUT2D eigenvalue weighted by molar-refractivity contribution is 7.81. The van der Waals surface area contributed by atoms with Crippen molar-refractivity contribution in [2.24, 2.45) is 5.73 Å². The SMILES string of the molecule is NC(=S)c1cc2c(s1)CCCC2. The van der Waals surface area contributed by atoms with Gasteiger partial charge in [-0.2, -0.15) is 0 Å². The zero-order valence-corrected chi connectivity index (χ0v) is 8.43. The highest BCUT2D eigenvalue weighted by Gasteiger charge is 2.13. The fourth-order valence-corrected chi connectivity index (χ4v) is 2.90. The molecule has 0 atom stereocenters. The van der Waals surface area contributed by atoms with E-state index < -0.39 is 0 Å². The Morgan fingerprint density at radius 3 is 2.83 bits per heavy atom. The molecule has 0 aliphatic heterocycles. The Kier molecular flexibility index (Phi) is 2.15. The van der Waals surface area contributed by atoms with Crippen molar-refractivity contribution in [2.45, 2.75) is 25.7 Å². The lowest BCUT2D eigenvalue weighted by Gasteiger charge is -2.08. The van der Waals surface area contributed by atoms with Crippen molar-refractivity contribution in [1.82, 2.24) is 0 Å². The highest BCUT2D eigenvalue weighted by atomic mass is 32.1. The second-order valence-electron chi connectivity index (χ2n) is 3.13. The Morgan fingerprint density at radius 2 is 2.17 bits per heavy atom. The molecule has 1 nitrogen and oxygen atoms in total. The van der Waals surface area contributed by atoms with Crippen molar-refractivity contribution in [1.29, 1.82) is 0 Å². The third kappa shape index (κ3) is 1.39. The van der Waals surface area contributed by atoms with Crippen molar-refractivity contribution < 1.29 is 0 Å². The molecule has 0 saturated heterocycles. The number of aryl methyl sites for hydroxylation is 2. The molecule has 1 aromatic heterocycles. The van der Waals surface area contributed by atoms with Crippen LogP contribution in [0.1, 0.15) is 28.2 Å². The van der Waals surface area contributed by atoms with Crippen LogP contribution in [-0.4, -0.2) is 4.99 Å². The predicted molar refractivity (Wildman–Crippen MR) is 56.8 cm³/mol. The molecule has 1 aliphatic carbocycles. The van der Waals surface area contributed by atoms with Gasteiger partial charge in [0.1, 0.15) is 4.99 Å². The molecular formula is C9H11NS2. The molecule has 0 fully saturated rings. The Labute approximate surface area is 81.6 Å². The maximum atomic E-state index is 5.57. The van der Waals surface area contributed by atoms with Gasteiger partial charge in [0.25, 0.3) is 0 Å². The minimum Gasteiger partial charge on any atom is -0.389 e. The largest absolute Gasteiger partial charge is 0.389 e. The van der Waals surface area contributed by atoms with Gasteiger partial charge in [-0.25, -0.2) is 0 Å². The fraction of sp³-hybridized carbons (Fsp3) is 0.444. The van der Waals surface area contributed by atoms with Gasteiger partial charge >= 0.3 is 0 Å². The first kappa shape index (κ1) is 8.20. The van der Waals surface area contributed by atoms with E-state index in [1.54, 1.807) is 11.3 Å². The summed E-state index contributed by atoms with van der Waals surface area (Å²) in [6.45, 7) is 0. The molecule has 2 rings (SSSR count). The van der Waals surface area contributed by atoms with Crippen molar-refractivity contribution in [3.63, 3.8) is 0 Å². The van der Waals surface area contributed by atoms with Gasteiger partial charge in [-0.15, -0.1) is 11.3 Å². The second-order valence-corrected chi connectivity index (χ2v) is 4.71. The number of nitrogens with two attached hydrogens (primary N) is 1. The Morgan fingerprint density at radius 1 is 1.42 bits per heavy atom. The fourth-order valence-electron chi connectivity index (χ4n) is 1.61. The van der Waals surface area contributed by atoms with Crippen LogP contribution in [0, 0.1) is 0 Å². The molecule has 64 valence electrons. The summed E-state index contributed by atoms with van der Waals surface area (Å²) in [7, 11) is 0. The number of hydrogen-bond donors (Lipinski definition) is 1. The van der Waals surface area contributed by atoms with Gasteiger partial charge in [-0.1, -0.05) is 12.2 Å². The smallest absolute Gasteiger partial charge is 0.114 e. The van der Waals surface area contributed by atoms with E-state index in [0.717, 1.165) is 4.88 Å². The van der Waals surface area contributed by atoms with Crippen LogP contribution in [-0.2, 0) is 12.8 Å². The van der Waals surface area contributed by atoms with Gasteiger partial charge in [0.05, 0.1) is 4.88 Å². The van der Waals surface area contributed by atoms with Crippen LogP contribution in [0.4, 0.5) is 0 Å². The Balaban J connectivity index is 2.38. The maximum absolute atomic E-state index is 5.57. The van der Waals surface area contributed by atoms with Crippen LogP contribution < -0.4 is 5.73 Å². The van der Waals surface area contributed by atoms with E-state index in [-0.39, 0.29) is 0 Å². The summed E-state index contributed by atoms with van der Waals surface area (Å²) >= 11 is 6.72. The summed E-state index contributed by atoms with van der Waals surface area (Å²) in [4.78, 5) is 3.15. The summed E-state index contributed by atoms with van der Waals surface area (Å²) in [6, 6.07) is 2.17. The highest BCUT2D eigenvalue weighted by Crippen LogP contribution is 2.29. The number of hydrogen-bond acceptors (Lipinski definition) is 2. The lowest BCUT2D eigenvalue weighted by atomic mass is 9.99. The van der Waals surface area contributed by atoms with Crippen LogP contribution >= 0.6 is 23.6 Å². The molecule has 1 aliphatic rings. The van der Waals surface area contributed by atoms with E-state index in [1.807, 2.05) is 0 Å². The van der Waals surface area contributed by atoms with Gasteiger partial charge in [0.15, 0.2) is 0 Å². The second kappa shape index (κ2) is 3.15. The van der Waals surface area contributed by atoms with Gasteiger partial charge in [-0.05, 0) is 37.3 Å². The van der Waals surface area contributed by atoms with Gasteiger partial charge in [0, 0.05) is 4.88 Å². The minimum atomic E-state index is 0.550. The zero-order chi connectivity index (χ0) is 8.55. The summed E-state index contributed by atoms with van der Waals surface area (Å²) in [5.74, 6) is 0. The Bertz CT molecular complexity index is 291. The molecule has 0 amide bonds. The first-order chi connectivity index (χ1) is 5.77. The topological polar surface area (TPSA) is 26.0 Å². The monoisotopic (exact) mass is 197 g/mol. The quantitative estimate of drug-likeness (QED) is 0.699. The van der Waals surface area contributed by atoms with E-state index in [9.17, 15) is 0 Å². The van der Waals surface area contributed by atoms with Gasteiger partial charge < -0.3 is 5.73 Å². The minimum absolute atomic E-state index is 0.550. The lowest BCUT2D eigenvalue weighted by molar-refractivity contribution is 0.697. The number of thiocarbonyl (C=S) groups is 1. The van der Waals surface area contributed by atoms with E-state index in [2.05, 4.69) is 6.07 Å². The Hall–Kier alpha value is -0.410. The molecule has 0 saturated carbocycles. The maximum Gasteiger partial charge on any atom is 0.114 e. The summed E-state index contributed by atoms with van der Waals surface area (Å²) in [5.41, 5.74) is 7.05. The van der Waals surface area contributed by atoms with Crippen molar-refractivity contribution in [3.8, 4) is 0 Å². The van der Waals surface area contributed by atoms with E-state index >= 15 is 0 Å². The molecule has 3 heteroatoms. The number of thiophene rings is 1. The zero-order valence-electron chi connectivity index (χ0n) is 6.80. The van der Waals surface area contributed by atoms with Gasteiger partial charge in [-0.3, -0.25) is 0 Å². The van der Waals surface area contributed by atoms with E-state index in [1.165, 1.54) is 36.1 Å². The number of rotatable bonds is 1. The van der Waals surface area contributed by atoms with Crippen molar-refractivity contribution in [2.75, 3.05) is 0 Å². The third-order valence-electron chi connectivity index (χ3n) is 2.24. The normalized spacial score (nSPS) is 15.7. The molecular weight excluding hydrogens is 186 g/mol. The molecule has 0 radical (unpaired) electrons. The first-order valence-electron chi connectivity index (χ1n) is 4.19.